The molecule has 3 aromatic carbocycles. The molecule has 0 fully saturated rings. The molecule has 0 amide bonds. The van der Waals surface area contributed by atoms with Gasteiger partial charge in [0.1, 0.15) is 31.0 Å². The Kier molecular flexibility index (Phi) is 6.43. The van der Waals surface area contributed by atoms with E-state index < -0.39 is 0 Å². The van der Waals surface area contributed by atoms with Gasteiger partial charge in [-0.05, 0) is 29.2 Å². The predicted molar refractivity (Wildman–Crippen MR) is 102 cm³/mol. The Morgan fingerprint density at radius 3 is 1.96 bits per heavy atom. The molecule has 0 saturated heterocycles. The van der Waals surface area contributed by atoms with Gasteiger partial charge in [0.25, 0.3) is 0 Å². The number of ether oxygens (including phenoxy) is 2. The minimum Gasteiger partial charge on any atom is -0.489 e. The van der Waals surface area contributed by atoms with Crippen LogP contribution in [0, 0.1) is 0 Å². The number of aryl methyl sites for hydroxylation is 1. The number of benzene rings is 3. The van der Waals surface area contributed by atoms with Gasteiger partial charge >= 0.3 is 0 Å². The third kappa shape index (κ3) is 5.21. The fourth-order valence-corrected chi connectivity index (χ4v) is 2.66. The molecule has 0 bridgehead atoms. The Balaban J connectivity index is 1.71. The van der Waals surface area contributed by atoms with Crippen molar-refractivity contribution in [3.63, 3.8) is 0 Å². The Labute approximate surface area is 154 Å². The van der Waals surface area contributed by atoms with Crippen LogP contribution in [0.4, 0.5) is 0 Å². The maximum Gasteiger partial charge on any atom is 0.126 e. The molecular weight excluding hydrogens is 324 g/mol. The average molecular weight is 346 g/mol. The highest BCUT2D eigenvalue weighted by Crippen LogP contribution is 2.27. The SMILES string of the molecule is O=CCCc1ccc(OCc2ccccc2)cc1OCc1ccccc1. The fraction of sp³-hybridized carbons (Fsp3) is 0.174. The third-order valence-corrected chi connectivity index (χ3v) is 4.06. The van der Waals surface area contributed by atoms with Crippen molar-refractivity contribution in [2.75, 3.05) is 0 Å². The Bertz CT molecular complexity index is 813. The summed E-state index contributed by atoms with van der Waals surface area (Å²) < 4.78 is 11.9. The maximum atomic E-state index is 10.7. The summed E-state index contributed by atoms with van der Waals surface area (Å²) in [6.45, 7) is 0.990. The van der Waals surface area contributed by atoms with Crippen LogP contribution < -0.4 is 9.47 Å². The average Bonchev–Trinajstić information content (AvgIpc) is 2.71. The van der Waals surface area contributed by atoms with Gasteiger partial charge in [-0.15, -0.1) is 0 Å². The third-order valence-electron chi connectivity index (χ3n) is 4.06. The van der Waals surface area contributed by atoms with E-state index in [2.05, 4.69) is 0 Å². The smallest absolute Gasteiger partial charge is 0.126 e. The zero-order valence-corrected chi connectivity index (χ0v) is 14.6. The van der Waals surface area contributed by atoms with Crippen LogP contribution in [0.15, 0.2) is 78.9 Å². The normalized spacial score (nSPS) is 10.3. The van der Waals surface area contributed by atoms with E-state index >= 15 is 0 Å². The molecule has 0 aliphatic heterocycles. The van der Waals surface area contributed by atoms with Crippen molar-refractivity contribution < 1.29 is 14.3 Å². The lowest BCUT2D eigenvalue weighted by atomic mass is 10.1. The van der Waals surface area contributed by atoms with E-state index in [-0.39, 0.29) is 0 Å². The number of carbonyl (C=O) groups excluding carboxylic acids is 1. The van der Waals surface area contributed by atoms with Crippen LogP contribution in [0.1, 0.15) is 23.1 Å². The van der Waals surface area contributed by atoms with Gasteiger partial charge in [0.05, 0.1) is 0 Å². The molecule has 0 radical (unpaired) electrons. The van der Waals surface area contributed by atoms with Gasteiger partial charge in [-0.3, -0.25) is 0 Å². The van der Waals surface area contributed by atoms with Crippen LogP contribution in [-0.2, 0) is 24.4 Å². The van der Waals surface area contributed by atoms with Crippen molar-refractivity contribution >= 4 is 6.29 Å². The molecule has 0 saturated carbocycles. The van der Waals surface area contributed by atoms with Gasteiger partial charge in [0.2, 0.25) is 0 Å². The summed E-state index contributed by atoms with van der Waals surface area (Å²) in [6, 6.07) is 25.9. The second-order valence-electron chi connectivity index (χ2n) is 6.02. The molecule has 0 unspecified atom stereocenters. The largest absolute Gasteiger partial charge is 0.489 e. The number of hydrogen-bond acceptors (Lipinski definition) is 3. The first-order valence-electron chi connectivity index (χ1n) is 8.75. The number of carbonyl (C=O) groups is 1. The molecular formula is C23H22O3. The Morgan fingerprint density at radius 1 is 0.731 bits per heavy atom. The van der Waals surface area contributed by atoms with Crippen LogP contribution in [0.2, 0.25) is 0 Å². The highest BCUT2D eigenvalue weighted by Gasteiger charge is 2.07. The van der Waals surface area contributed by atoms with Crippen molar-refractivity contribution in [3.05, 3.63) is 95.6 Å². The molecule has 0 aromatic heterocycles. The second kappa shape index (κ2) is 9.42. The number of aldehydes is 1. The zero-order valence-electron chi connectivity index (χ0n) is 14.6. The molecule has 26 heavy (non-hydrogen) atoms. The summed E-state index contributed by atoms with van der Waals surface area (Å²) in [4.78, 5) is 10.7. The van der Waals surface area contributed by atoms with Crippen LogP contribution in [0.5, 0.6) is 11.5 Å². The first-order valence-corrected chi connectivity index (χ1v) is 8.75. The van der Waals surface area contributed by atoms with E-state index in [1.54, 1.807) is 0 Å². The van der Waals surface area contributed by atoms with Gasteiger partial charge in [0.15, 0.2) is 0 Å². The minimum absolute atomic E-state index is 0.478. The van der Waals surface area contributed by atoms with Crippen molar-refractivity contribution in [2.24, 2.45) is 0 Å². The molecule has 3 aromatic rings. The van der Waals surface area contributed by atoms with E-state index in [1.807, 2.05) is 78.9 Å². The number of hydrogen-bond donors (Lipinski definition) is 0. The first kappa shape index (κ1) is 17.7. The molecule has 3 nitrogen and oxygen atoms in total. The van der Waals surface area contributed by atoms with Gasteiger partial charge in [0, 0.05) is 12.5 Å². The van der Waals surface area contributed by atoms with Gasteiger partial charge < -0.3 is 14.3 Å². The van der Waals surface area contributed by atoms with Crippen molar-refractivity contribution in [1.82, 2.24) is 0 Å². The van der Waals surface area contributed by atoms with E-state index in [9.17, 15) is 4.79 Å². The molecule has 0 N–H and O–H groups in total. The molecule has 3 heteroatoms. The maximum absolute atomic E-state index is 10.7. The summed E-state index contributed by atoms with van der Waals surface area (Å²) >= 11 is 0. The standard InChI is InChI=1S/C23H22O3/c24-15-7-12-21-13-14-22(25-17-19-8-3-1-4-9-19)16-23(21)26-18-20-10-5-2-6-11-20/h1-6,8-11,13-16H,7,12,17-18H2. The summed E-state index contributed by atoms with van der Waals surface area (Å²) in [5.74, 6) is 1.52. The quantitative estimate of drug-likeness (QED) is 0.513. The van der Waals surface area contributed by atoms with Crippen molar-refractivity contribution in [3.8, 4) is 11.5 Å². The Hall–Kier alpha value is -3.07. The van der Waals surface area contributed by atoms with Crippen molar-refractivity contribution in [1.29, 1.82) is 0 Å². The van der Waals surface area contributed by atoms with E-state index in [0.29, 0.717) is 26.1 Å². The number of rotatable bonds is 9. The lowest BCUT2D eigenvalue weighted by molar-refractivity contribution is -0.107. The molecule has 0 aliphatic carbocycles. The summed E-state index contributed by atoms with van der Waals surface area (Å²) in [6.07, 6.45) is 2.07. The highest BCUT2D eigenvalue weighted by atomic mass is 16.5. The molecule has 0 spiro atoms. The fourth-order valence-electron chi connectivity index (χ4n) is 2.66. The molecule has 3 rings (SSSR count). The molecule has 0 atom stereocenters. The molecule has 132 valence electrons. The van der Waals surface area contributed by atoms with Gasteiger partial charge in [-0.25, -0.2) is 0 Å². The van der Waals surface area contributed by atoms with Crippen LogP contribution in [0.3, 0.4) is 0 Å². The van der Waals surface area contributed by atoms with E-state index in [0.717, 1.165) is 34.5 Å². The van der Waals surface area contributed by atoms with Crippen LogP contribution in [-0.4, -0.2) is 6.29 Å². The van der Waals surface area contributed by atoms with E-state index in [1.165, 1.54) is 0 Å². The minimum atomic E-state index is 0.478. The van der Waals surface area contributed by atoms with Crippen LogP contribution >= 0.6 is 0 Å². The zero-order chi connectivity index (χ0) is 18.0. The predicted octanol–water partition coefficient (Wildman–Crippen LogP) is 4.98. The summed E-state index contributed by atoms with van der Waals surface area (Å²) in [5, 5.41) is 0. The van der Waals surface area contributed by atoms with Gasteiger partial charge in [-0.2, -0.15) is 0 Å². The van der Waals surface area contributed by atoms with Gasteiger partial charge in [-0.1, -0.05) is 66.7 Å². The lowest BCUT2D eigenvalue weighted by Crippen LogP contribution is -2.01. The van der Waals surface area contributed by atoms with Crippen molar-refractivity contribution in [2.45, 2.75) is 26.1 Å². The second-order valence-corrected chi connectivity index (χ2v) is 6.02. The first-order chi connectivity index (χ1) is 12.8. The molecule has 0 aliphatic rings. The van der Waals surface area contributed by atoms with E-state index in [4.69, 9.17) is 9.47 Å². The topological polar surface area (TPSA) is 35.5 Å². The summed E-state index contributed by atoms with van der Waals surface area (Å²) in [7, 11) is 0. The lowest BCUT2D eigenvalue weighted by Gasteiger charge is -2.14. The molecule has 0 heterocycles. The monoisotopic (exact) mass is 346 g/mol. The Morgan fingerprint density at radius 2 is 1.35 bits per heavy atom. The highest BCUT2D eigenvalue weighted by molar-refractivity contribution is 5.51. The summed E-state index contributed by atoms with van der Waals surface area (Å²) in [5.41, 5.74) is 3.23. The van der Waals surface area contributed by atoms with Crippen LogP contribution in [0.25, 0.3) is 0 Å².